The summed E-state index contributed by atoms with van der Waals surface area (Å²) >= 11 is 0. The van der Waals surface area contributed by atoms with E-state index in [2.05, 4.69) is 49.4 Å². The van der Waals surface area contributed by atoms with Crippen LogP contribution in [0.2, 0.25) is 0 Å². The van der Waals surface area contributed by atoms with E-state index in [-0.39, 0.29) is 0 Å². The van der Waals surface area contributed by atoms with Gasteiger partial charge in [-0.2, -0.15) is 0 Å². The van der Waals surface area contributed by atoms with Gasteiger partial charge < -0.3 is 9.47 Å². The van der Waals surface area contributed by atoms with Crippen LogP contribution in [0, 0.1) is 0 Å². The molecule has 0 atom stereocenters. The van der Waals surface area contributed by atoms with Crippen LogP contribution in [0.15, 0.2) is 66.7 Å². The van der Waals surface area contributed by atoms with Gasteiger partial charge in [0.05, 0.1) is 14.2 Å². The summed E-state index contributed by atoms with van der Waals surface area (Å²) in [6, 6.07) is 23.2. The maximum Gasteiger partial charge on any atom is 0.118 e. The van der Waals surface area contributed by atoms with Gasteiger partial charge in [-0.1, -0.05) is 43.3 Å². The van der Waals surface area contributed by atoms with E-state index in [1.807, 2.05) is 24.3 Å². The summed E-state index contributed by atoms with van der Waals surface area (Å²) in [7, 11) is 3.38. The highest BCUT2D eigenvalue weighted by atomic mass is 16.5. The van der Waals surface area contributed by atoms with Crippen molar-refractivity contribution < 1.29 is 9.47 Å². The first-order valence-electron chi connectivity index (χ1n) is 8.16. The molecule has 2 nitrogen and oxygen atoms in total. The van der Waals surface area contributed by atoms with Crippen LogP contribution in [0.1, 0.15) is 12.5 Å². The van der Waals surface area contributed by atoms with Gasteiger partial charge in [-0.05, 0) is 64.6 Å². The molecule has 0 aromatic heterocycles. The Hall–Kier alpha value is -2.74. The summed E-state index contributed by atoms with van der Waals surface area (Å²) in [6.07, 6.45) is 1.01. The van der Waals surface area contributed by atoms with Gasteiger partial charge in [-0.25, -0.2) is 0 Å². The Morgan fingerprint density at radius 2 is 1.00 bits per heavy atom. The van der Waals surface area contributed by atoms with Crippen molar-refractivity contribution in [1.29, 1.82) is 0 Å². The fourth-order valence-electron chi connectivity index (χ4n) is 2.80. The molecule has 0 amide bonds. The molecule has 0 radical (unpaired) electrons. The van der Waals surface area contributed by atoms with E-state index in [9.17, 15) is 0 Å². The van der Waals surface area contributed by atoms with Gasteiger partial charge in [0.2, 0.25) is 0 Å². The molecule has 3 aromatic carbocycles. The average molecular weight is 318 g/mol. The Bertz CT molecular complexity index is 737. The maximum atomic E-state index is 5.25. The zero-order valence-corrected chi connectivity index (χ0v) is 14.4. The van der Waals surface area contributed by atoms with Crippen molar-refractivity contribution in [1.82, 2.24) is 0 Å². The van der Waals surface area contributed by atoms with Crippen molar-refractivity contribution in [2.45, 2.75) is 13.3 Å². The lowest BCUT2D eigenvalue weighted by molar-refractivity contribution is 0.415. The third kappa shape index (κ3) is 3.43. The predicted octanol–water partition coefficient (Wildman–Crippen LogP) is 5.60. The fraction of sp³-hybridized carbons (Fsp3) is 0.182. The summed E-state index contributed by atoms with van der Waals surface area (Å²) in [5.41, 5.74) is 6.17. The Morgan fingerprint density at radius 3 is 1.33 bits per heavy atom. The van der Waals surface area contributed by atoms with Crippen LogP contribution >= 0.6 is 0 Å². The molecular weight excluding hydrogens is 296 g/mol. The molecule has 0 aliphatic carbocycles. The van der Waals surface area contributed by atoms with E-state index in [1.54, 1.807) is 14.2 Å². The van der Waals surface area contributed by atoms with Crippen LogP contribution in [0.25, 0.3) is 22.3 Å². The van der Waals surface area contributed by atoms with Gasteiger partial charge in [0, 0.05) is 0 Å². The Labute approximate surface area is 143 Å². The first-order chi connectivity index (χ1) is 11.7. The SMILES string of the molecule is CCc1cc(-c2ccc(OC)cc2)cc(-c2ccc(OC)cc2)c1. The quantitative estimate of drug-likeness (QED) is 0.609. The average Bonchev–Trinajstić information content (AvgIpc) is 2.67. The van der Waals surface area contributed by atoms with Crippen LogP contribution in [0.4, 0.5) is 0 Å². The molecule has 0 bridgehead atoms. The van der Waals surface area contributed by atoms with E-state index in [4.69, 9.17) is 9.47 Å². The summed E-state index contributed by atoms with van der Waals surface area (Å²) in [5.74, 6) is 1.75. The maximum absolute atomic E-state index is 5.25. The van der Waals surface area contributed by atoms with Gasteiger partial charge in [-0.15, -0.1) is 0 Å². The second-order valence-electron chi connectivity index (χ2n) is 5.73. The van der Waals surface area contributed by atoms with Crippen LogP contribution in [0.3, 0.4) is 0 Å². The van der Waals surface area contributed by atoms with E-state index >= 15 is 0 Å². The van der Waals surface area contributed by atoms with Gasteiger partial charge in [0.1, 0.15) is 11.5 Å². The molecule has 122 valence electrons. The zero-order chi connectivity index (χ0) is 16.9. The number of ether oxygens (including phenoxy) is 2. The predicted molar refractivity (Wildman–Crippen MR) is 99.8 cm³/mol. The first-order valence-corrected chi connectivity index (χ1v) is 8.16. The number of benzene rings is 3. The highest BCUT2D eigenvalue weighted by molar-refractivity contribution is 5.74. The molecule has 0 saturated carbocycles. The van der Waals surface area contributed by atoms with Crippen molar-refractivity contribution in [2.24, 2.45) is 0 Å². The van der Waals surface area contributed by atoms with E-state index in [1.165, 1.54) is 27.8 Å². The van der Waals surface area contributed by atoms with Crippen LogP contribution in [-0.2, 0) is 6.42 Å². The summed E-state index contributed by atoms with van der Waals surface area (Å²) in [6.45, 7) is 2.19. The van der Waals surface area contributed by atoms with E-state index in [0.29, 0.717) is 0 Å². The van der Waals surface area contributed by atoms with Gasteiger partial charge >= 0.3 is 0 Å². The summed E-state index contributed by atoms with van der Waals surface area (Å²) in [4.78, 5) is 0. The molecule has 0 heterocycles. The molecule has 24 heavy (non-hydrogen) atoms. The number of hydrogen-bond acceptors (Lipinski definition) is 2. The van der Waals surface area contributed by atoms with Crippen LogP contribution in [-0.4, -0.2) is 14.2 Å². The van der Waals surface area contributed by atoms with Crippen molar-refractivity contribution >= 4 is 0 Å². The summed E-state index contributed by atoms with van der Waals surface area (Å²) in [5, 5.41) is 0. The highest BCUT2D eigenvalue weighted by Crippen LogP contribution is 2.30. The van der Waals surface area contributed by atoms with Crippen LogP contribution < -0.4 is 9.47 Å². The Morgan fingerprint density at radius 1 is 0.583 bits per heavy atom. The largest absolute Gasteiger partial charge is 0.497 e. The minimum absolute atomic E-state index is 0.876. The minimum Gasteiger partial charge on any atom is -0.497 e. The van der Waals surface area contributed by atoms with Gasteiger partial charge in [-0.3, -0.25) is 0 Å². The molecule has 0 N–H and O–H groups in total. The van der Waals surface area contributed by atoms with Gasteiger partial charge in [0.15, 0.2) is 0 Å². The Balaban J connectivity index is 2.03. The van der Waals surface area contributed by atoms with Gasteiger partial charge in [0.25, 0.3) is 0 Å². The topological polar surface area (TPSA) is 18.5 Å². The molecule has 3 aromatic rings. The van der Waals surface area contributed by atoms with Crippen molar-refractivity contribution in [3.05, 3.63) is 72.3 Å². The fourth-order valence-corrected chi connectivity index (χ4v) is 2.80. The molecular formula is C22H22O2. The molecule has 0 fully saturated rings. The lowest BCUT2D eigenvalue weighted by Crippen LogP contribution is -1.88. The number of hydrogen-bond donors (Lipinski definition) is 0. The molecule has 0 spiro atoms. The molecule has 0 aliphatic heterocycles. The molecule has 2 heteroatoms. The molecule has 0 unspecified atom stereocenters. The van der Waals surface area contributed by atoms with E-state index < -0.39 is 0 Å². The highest BCUT2D eigenvalue weighted by Gasteiger charge is 2.06. The summed E-state index contributed by atoms with van der Waals surface area (Å²) < 4.78 is 10.5. The lowest BCUT2D eigenvalue weighted by atomic mass is 9.95. The normalized spacial score (nSPS) is 10.5. The van der Waals surface area contributed by atoms with Crippen LogP contribution in [0.5, 0.6) is 11.5 Å². The second kappa shape index (κ2) is 7.22. The molecule has 0 saturated heterocycles. The number of methoxy groups -OCH3 is 2. The third-order valence-electron chi connectivity index (χ3n) is 4.25. The van der Waals surface area contributed by atoms with Crippen molar-refractivity contribution in [3.63, 3.8) is 0 Å². The number of rotatable bonds is 5. The van der Waals surface area contributed by atoms with Crippen molar-refractivity contribution in [3.8, 4) is 33.8 Å². The van der Waals surface area contributed by atoms with Crippen molar-refractivity contribution in [2.75, 3.05) is 14.2 Å². The minimum atomic E-state index is 0.876. The monoisotopic (exact) mass is 318 g/mol. The first kappa shape index (κ1) is 16.1. The standard InChI is InChI=1S/C22H22O2/c1-4-16-13-19(17-5-9-21(23-2)10-6-17)15-20(14-16)18-7-11-22(24-3)12-8-18/h5-15H,4H2,1-3H3. The molecule has 3 rings (SSSR count). The zero-order valence-electron chi connectivity index (χ0n) is 14.4. The Kier molecular flexibility index (Phi) is 4.85. The van der Waals surface area contributed by atoms with E-state index in [0.717, 1.165) is 17.9 Å². The molecule has 0 aliphatic rings. The lowest BCUT2D eigenvalue weighted by Gasteiger charge is -2.11. The second-order valence-corrected chi connectivity index (χ2v) is 5.73. The number of aryl methyl sites for hydroxylation is 1. The third-order valence-corrected chi connectivity index (χ3v) is 4.25. The smallest absolute Gasteiger partial charge is 0.118 e.